The van der Waals surface area contributed by atoms with E-state index in [0.29, 0.717) is 18.0 Å². The van der Waals surface area contributed by atoms with Gasteiger partial charge in [-0.3, -0.25) is 9.10 Å². The Labute approximate surface area is 200 Å². The summed E-state index contributed by atoms with van der Waals surface area (Å²) in [5, 5.41) is 3.97. The van der Waals surface area contributed by atoms with E-state index in [0.717, 1.165) is 21.0 Å². The lowest BCUT2D eigenvalue weighted by Crippen LogP contribution is -2.39. The fourth-order valence-electron chi connectivity index (χ4n) is 3.28. The molecule has 0 bridgehead atoms. The average Bonchev–Trinajstić information content (AvgIpc) is 2.82. The summed E-state index contributed by atoms with van der Waals surface area (Å²) >= 11 is 0. The van der Waals surface area contributed by atoms with Crippen LogP contribution in [0.25, 0.3) is 0 Å². The first-order valence-electron chi connectivity index (χ1n) is 10.6. The second-order valence-corrected chi connectivity index (χ2v) is 9.49. The molecule has 0 spiro atoms. The number of amides is 1. The first kappa shape index (κ1) is 24.7. The summed E-state index contributed by atoms with van der Waals surface area (Å²) in [6.45, 7) is 7.34. The highest BCUT2D eigenvalue weighted by Gasteiger charge is 2.27. The number of nitrogens with one attached hydrogen (secondary N) is 1. The molecule has 34 heavy (non-hydrogen) atoms. The van der Waals surface area contributed by atoms with Crippen LogP contribution < -0.4 is 14.5 Å². The van der Waals surface area contributed by atoms with Crippen molar-refractivity contribution < 1.29 is 17.9 Å². The number of aryl methyl sites for hydroxylation is 2. The van der Waals surface area contributed by atoms with E-state index in [9.17, 15) is 13.2 Å². The number of carbonyl (C=O) groups is 1. The van der Waals surface area contributed by atoms with E-state index in [1.807, 2.05) is 19.9 Å². The molecule has 0 saturated carbocycles. The van der Waals surface area contributed by atoms with Crippen molar-refractivity contribution in [1.29, 1.82) is 0 Å². The Morgan fingerprint density at radius 2 is 1.68 bits per heavy atom. The van der Waals surface area contributed by atoms with Crippen molar-refractivity contribution in [2.75, 3.05) is 17.5 Å². The standard InChI is InChI=1S/C26H27N3O4S/c1-4-14-33-24-12-10-22(11-13-24)18-27-28-26(30)19-29(23-16-20(2)15-21(3)17-23)34(31,32)25-8-6-5-7-9-25/h4-13,15-18H,1,14,19H2,2-3H3,(H,28,30)/b27-18+. The van der Waals surface area contributed by atoms with Gasteiger partial charge < -0.3 is 4.74 Å². The van der Waals surface area contributed by atoms with Crippen molar-refractivity contribution >= 4 is 27.8 Å². The monoisotopic (exact) mass is 477 g/mol. The summed E-state index contributed by atoms with van der Waals surface area (Å²) in [7, 11) is -3.97. The molecule has 0 heterocycles. The van der Waals surface area contributed by atoms with Crippen LogP contribution in [0.2, 0.25) is 0 Å². The van der Waals surface area contributed by atoms with Crippen LogP contribution in [0.4, 0.5) is 5.69 Å². The number of benzene rings is 3. The van der Waals surface area contributed by atoms with Gasteiger partial charge in [0.25, 0.3) is 15.9 Å². The third-order valence-corrected chi connectivity index (χ3v) is 6.55. The van der Waals surface area contributed by atoms with E-state index in [4.69, 9.17) is 4.74 Å². The summed E-state index contributed by atoms with van der Waals surface area (Å²) < 4.78 is 33.3. The minimum Gasteiger partial charge on any atom is -0.490 e. The lowest BCUT2D eigenvalue weighted by Gasteiger charge is -2.24. The van der Waals surface area contributed by atoms with Gasteiger partial charge in [-0.2, -0.15) is 5.10 Å². The molecule has 7 nitrogen and oxygen atoms in total. The second kappa shape index (κ2) is 11.3. The molecule has 0 aliphatic carbocycles. The van der Waals surface area contributed by atoms with Gasteiger partial charge in [-0.05, 0) is 79.1 Å². The number of nitrogens with zero attached hydrogens (tertiary/aromatic N) is 2. The summed E-state index contributed by atoms with van der Waals surface area (Å²) in [6, 6.07) is 20.6. The molecule has 3 aromatic rings. The Balaban J connectivity index is 1.77. The molecular weight excluding hydrogens is 450 g/mol. The van der Waals surface area contributed by atoms with E-state index in [2.05, 4.69) is 17.1 Å². The minimum absolute atomic E-state index is 0.101. The van der Waals surface area contributed by atoms with Gasteiger partial charge in [0.1, 0.15) is 18.9 Å². The van der Waals surface area contributed by atoms with Crippen LogP contribution >= 0.6 is 0 Å². The first-order valence-corrected chi connectivity index (χ1v) is 12.1. The fourth-order valence-corrected chi connectivity index (χ4v) is 4.70. The van der Waals surface area contributed by atoms with Gasteiger partial charge in [-0.15, -0.1) is 0 Å². The highest BCUT2D eigenvalue weighted by Crippen LogP contribution is 2.25. The lowest BCUT2D eigenvalue weighted by molar-refractivity contribution is -0.119. The van der Waals surface area contributed by atoms with Crippen molar-refractivity contribution in [3.8, 4) is 5.75 Å². The predicted octanol–water partition coefficient (Wildman–Crippen LogP) is 4.21. The first-order chi connectivity index (χ1) is 16.3. The Kier molecular flexibility index (Phi) is 8.21. The molecule has 0 saturated heterocycles. The molecule has 0 radical (unpaired) electrons. The van der Waals surface area contributed by atoms with Gasteiger partial charge in [0.05, 0.1) is 16.8 Å². The van der Waals surface area contributed by atoms with Gasteiger partial charge in [0, 0.05) is 0 Å². The Bertz CT molecular complexity index is 1250. The summed E-state index contributed by atoms with van der Waals surface area (Å²) in [6.07, 6.45) is 3.13. The molecular formula is C26H27N3O4S. The zero-order valence-corrected chi connectivity index (χ0v) is 20.0. The smallest absolute Gasteiger partial charge is 0.264 e. The van der Waals surface area contributed by atoms with Crippen LogP contribution in [-0.4, -0.2) is 33.7 Å². The molecule has 0 fully saturated rings. The second-order valence-electron chi connectivity index (χ2n) is 7.63. The van der Waals surface area contributed by atoms with Crippen LogP contribution in [-0.2, 0) is 14.8 Å². The van der Waals surface area contributed by atoms with Crippen LogP contribution in [0.15, 0.2) is 95.4 Å². The van der Waals surface area contributed by atoms with Crippen molar-refractivity contribution in [2.45, 2.75) is 18.7 Å². The molecule has 0 aromatic heterocycles. The summed E-state index contributed by atoms with van der Waals surface area (Å²) in [5.41, 5.74) is 5.35. The van der Waals surface area contributed by atoms with E-state index in [1.165, 1.54) is 18.3 Å². The van der Waals surface area contributed by atoms with E-state index >= 15 is 0 Å². The fraction of sp³-hybridized carbons (Fsp3) is 0.154. The third-order valence-electron chi connectivity index (χ3n) is 4.76. The average molecular weight is 478 g/mol. The van der Waals surface area contributed by atoms with Gasteiger partial charge in [-0.25, -0.2) is 13.8 Å². The largest absolute Gasteiger partial charge is 0.490 e. The Morgan fingerprint density at radius 3 is 2.29 bits per heavy atom. The molecule has 0 aliphatic heterocycles. The van der Waals surface area contributed by atoms with Gasteiger partial charge in [0.15, 0.2) is 0 Å². The maximum atomic E-state index is 13.4. The van der Waals surface area contributed by atoms with Crippen molar-refractivity contribution in [3.63, 3.8) is 0 Å². The zero-order valence-electron chi connectivity index (χ0n) is 19.1. The van der Waals surface area contributed by atoms with Crippen molar-refractivity contribution in [2.24, 2.45) is 5.10 Å². The molecule has 8 heteroatoms. The maximum Gasteiger partial charge on any atom is 0.264 e. The molecule has 3 rings (SSSR count). The third kappa shape index (κ3) is 6.55. The normalized spacial score (nSPS) is 11.2. The number of hydrazone groups is 1. The molecule has 0 atom stereocenters. The number of hydrogen-bond donors (Lipinski definition) is 1. The number of carbonyl (C=O) groups excluding carboxylic acids is 1. The lowest BCUT2D eigenvalue weighted by atomic mass is 10.1. The van der Waals surface area contributed by atoms with Gasteiger partial charge in [-0.1, -0.05) is 36.9 Å². The van der Waals surface area contributed by atoms with Crippen LogP contribution in [0.1, 0.15) is 16.7 Å². The number of rotatable bonds is 10. The molecule has 0 unspecified atom stereocenters. The minimum atomic E-state index is -3.97. The van der Waals surface area contributed by atoms with Crippen LogP contribution in [0, 0.1) is 13.8 Å². The van der Waals surface area contributed by atoms with Crippen molar-refractivity contribution in [1.82, 2.24) is 5.43 Å². The zero-order chi connectivity index (χ0) is 24.6. The summed E-state index contributed by atoms with van der Waals surface area (Å²) in [5.74, 6) is 0.122. The number of sulfonamides is 1. The number of ether oxygens (including phenoxy) is 1. The quantitative estimate of drug-likeness (QED) is 0.269. The van der Waals surface area contributed by atoms with Gasteiger partial charge >= 0.3 is 0 Å². The molecule has 3 aromatic carbocycles. The topological polar surface area (TPSA) is 88.1 Å². The highest BCUT2D eigenvalue weighted by atomic mass is 32.2. The van der Waals surface area contributed by atoms with Gasteiger partial charge in [0.2, 0.25) is 0 Å². The molecule has 0 aliphatic rings. The SMILES string of the molecule is C=CCOc1ccc(/C=N/NC(=O)CN(c2cc(C)cc(C)c2)S(=O)(=O)c2ccccc2)cc1. The Hall–Kier alpha value is -3.91. The van der Waals surface area contributed by atoms with Crippen LogP contribution in [0.3, 0.4) is 0 Å². The van der Waals surface area contributed by atoms with E-state index < -0.39 is 22.5 Å². The number of anilines is 1. The van der Waals surface area contributed by atoms with Crippen molar-refractivity contribution in [3.05, 3.63) is 102 Å². The summed E-state index contributed by atoms with van der Waals surface area (Å²) in [4.78, 5) is 12.8. The van der Waals surface area contributed by atoms with Crippen LogP contribution in [0.5, 0.6) is 5.75 Å². The maximum absolute atomic E-state index is 13.4. The number of hydrogen-bond acceptors (Lipinski definition) is 5. The van der Waals surface area contributed by atoms with E-state index in [1.54, 1.807) is 60.7 Å². The molecule has 1 N–H and O–H groups in total. The molecule has 176 valence electrons. The molecule has 1 amide bonds. The Morgan fingerprint density at radius 1 is 1.03 bits per heavy atom. The predicted molar refractivity (Wildman–Crippen MR) is 135 cm³/mol. The highest BCUT2D eigenvalue weighted by molar-refractivity contribution is 7.92. The van der Waals surface area contributed by atoms with E-state index in [-0.39, 0.29) is 4.90 Å².